The van der Waals surface area contributed by atoms with Crippen LogP contribution in [0.2, 0.25) is 5.02 Å². The van der Waals surface area contributed by atoms with Crippen LogP contribution in [0.5, 0.6) is 11.5 Å². The number of ether oxygens (including phenoxy) is 2. The Morgan fingerprint density at radius 3 is 2.60 bits per heavy atom. The van der Waals surface area contributed by atoms with Crippen LogP contribution in [0, 0.1) is 0 Å². The molecule has 0 fully saturated rings. The van der Waals surface area contributed by atoms with Gasteiger partial charge in [-0.1, -0.05) is 11.6 Å². The largest absolute Gasteiger partial charge is 0.493 e. The Bertz CT molecular complexity index is 1010. The molecule has 3 aromatic rings. The number of nitrogens with one attached hydrogen (secondary N) is 1. The van der Waals surface area contributed by atoms with Gasteiger partial charge in [0.15, 0.2) is 11.5 Å². The lowest BCUT2D eigenvalue weighted by molar-refractivity contribution is 0.102. The molecule has 0 aliphatic heterocycles. The van der Waals surface area contributed by atoms with Crippen LogP contribution in [-0.2, 0) is 0 Å². The molecule has 3 rings (SSSR count). The molecule has 128 valence electrons. The molecule has 6 nitrogen and oxygen atoms in total. The number of halogens is 1. The van der Waals surface area contributed by atoms with Gasteiger partial charge in [0.2, 0.25) is 0 Å². The van der Waals surface area contributed by atoms with Crippen molar-refractivity contribution in [3.63, 3.8) is 0 Å². The second-order valence-electron chi connectivity index (χ2n) is 5.15. The Balaban J connectivity index is 1.90. The summed E-state index contributed by atoms with van der Waals surface area (Å²) >= 11 is 6.13. The van der Waals surface area contributed by atoms with Crippen molar-refractivity contribution >= 4 is 34.2 Å². The molecule has 1 N–H and O–H groups in total. The first-order valence-electron chi connectivity index (χ1n) is 7.28. The molecule has 0 spiro atoms. The Kier molecular flexibility index (Phi) is 4.63. The van der Waals surface area contributed by atoms with E-state index in [1.165, 1.54) is 26.4 Å². The summed E-state index contributed by atoms with van der Waals surface area (Å²) in [5.41, 5.74) is 0.892. The summed E-state index contributed by atoms with van der Waals surface area (Å²) < 4.78 is 15.4. The molecule has 0 bridgehead atoms. The van der Waals surface area contributed by atoms with E-state index in [0.29, 0.717) is 33.7 Å². The van der Waals surface area contributed by atoms with Crippen LogP contribution in [0.1, 0.15) is 10.4 Å². The smallest absolute Gasteiger partial charge is 0.336 e. The highest BCUT2D eigenvalue weighted by atomic mass is 35.5. The molecule has 0 atom stereocenters. The minimum atomic E-state index is -0.427. The van der Waals surface area contributed by atoms with Crippen LogP contribution in [0.4, 0.5) is 5.69 Å². The molecule has 0 radical (unpaired) electrons. The highest BCUT2D eigenvalue weighted by Crippen LogP contribution is 2.36. The Morgan fingerprint density at radius 2 is 1.88 bits per heavy atom. The van der Waals surface area contributed by atoms with E-state index in [0.717, 1.165) is 0 Å². The number of fused-ring (bicyclic) bond motifs is 1. The van der Waals surface area contributed by atoms with Crippen LogP contribution >= 0.6 is 11.6 Å². The summed E-state index contributed by atoms with van der Waals surface area (Å²) in [4.78, 5) is 23.7. The third-order valence-electron chi connectivity index (χ3n) is 3.57. The maximum atomic E-state index is 12.5. The lowest BCUT2D eigenvalue weighted by atomic mass is 10.1. The van der Waals surface area contributed by atoms with E-state index in [2.05, 4.69) is 5.32 Å². The summed E-state index contributed by atoms with van der Waals surface area (Å²) in [6, 6.07) is 11.0. The first-order valence-corrected chi connectivity index (χ1v) is 7.66. The molecular weight excluding hydrogens is 346 g/mol. The zero-order valence-corrected chi connectivity index (χ0v) is 14.2. The Labute approximate surface area is 147 Å². The first-order chi connectivity index (χ1) is 12.0. The van der Waals surface area contributed by atoms with E-state index in [-0.39, 0.29) is 10.9 Å². The molecule has 0 aliphatic rings. The normalized spacial score (nSPS) is 10.5. The second-order valence-corrected chi connectivity index (χ2v) is 5.56. The van der Waals surface area contributed by atoms with Gasteiger partial charge in [0.05, 0.1) is 19.2 Å². The molecule has 0 unspecified atom stereocenters. The van der Waals surface area contributed by atoms with Gasteiger partial charge in [0, 0.05) is 22.7 Å². The molecule has 1 heterocycles. The topological polar surface area (TPSA) is 77.8 Å². The number of benzene rings is 2. The van der Waals surface area contributed by atoms with Crippen molar-refractivity contribution in [1.29, 1.82) is 0 Å². The highest BCUT2D eigenvalue weighted by molar-refractivity contribution is 6.32. The number of amides is 1. The number of carbonyl (C=O) groups excluding carboxylic acids is 1. The summed E-state index contributed by atoms with van der Waals surface area (Å²) in [6.45, 7) is 0. The van der Waals surface area contributed by atoms with Crippen LogP contribution < -0.4 is 20.4 Å². The van der Waals surface area contributed by atoms with Crippen LogP contribution in [0.15, 0.2) is 51.7 Å². The summed E-state index contributed by atoms with van der Waals surface area (Å²) in [7, 11) is 2.93. The van der Waals surface area contributed by atoms with E-state index in [9.17, 15) is 9.59 Å². The zero-order valence-electron chi connectivity index (χ0n) is 13.5. The van der Waals surface area contributed by atoms with Crippen LogP contribution in [0.25, 0.3) is 11.0 Å². The standard InChI is InChI=1S/C18H14ClNO5/c1-23-15-9-11(8-13(19)17(15)24-2)18(22)20-12-4-5-14-10(7-12)3-6-16(21)25-14/h3-9H,1-2H3,(H,20,22). The van der Waals surface area contributed by atoms with Crippen molar-refractivity contribution < 1.29 is 18.7 Å². The Hall–Kier alpha value is -2.99. The number of hydrogen-bond donors (Lipinski definition) is 1. The fraction of sp³-hybridized carbons (Fsp3) is 0.111. The lowest BCUT2D eigenvalue weighted by Gasteiger charge is -2.12. The molecule has 1 amide bonds. The summed E-state index contributed by atoms with van der Waals surface area (Å²) in [5.74, 6) is 0.362. The molecule has 7 heteroatoms. The fourth-order valence-electron chi connectivity index (χ4n) is 2.40. The van der Waals surface area contributed by atoms with E-state index in [1.54, 1.807) is 30.3 Å². The van der Waals surface area contributed by atoms with E-state index >= 15 is 0 Å². The predicted molar refractivity (Wildman–Crippen MR) is 95.0 cm³/mol. The molecule has 0 aliphatic carbocycles. The maximum Gasteiger partial charge on any atom is 0.336 e. The number of rotatable bonds is 4. The predicted octanol–water partition coefficient (Wildman–Crippen LogP) is 3.72. The summed E-state index contributed by atoms with van der Waals surface area (Å²) in [5, 5.41) is 3.73. The van der Waals surface area contributed by atoms with Crippen molar-refractivity contribution in [2.75, 3.05) is 19.5 Å². The van der Waals surface area contributed by atoms with Gasteiger partial charge < -0.3 is 19.2 Å². The molecule has 1 aromatic heterocycles. The molecule has 25 heavy (non-hydrogen) atoms. The highest BCUT2D eigenvalue weighted by Gasteiger charge is 2.15. The van der Waals surface area contributed by atoms with Gasteiger partial charge in [-0.05, 0) is 36.4 Å². The number of hydrogen-bond acceptors (Lipinski definition) is 5. The SMILES string of the molecule is COc1cc(C(=O)Nc2ccc3oc(=O)ccc3c2)cc(Cl)c1OC. The van der Waals surface area contributed by atoms with Gasteiger partial charge in [0.25, 0.3) is 5.91 Å². The summed E-state index contributed by atoms with van der Waals surface area (Å²) in [6.07, 6.45) is 0. The number of anilines is 1. The van der Waals surface area contributed by atoms with Gasteiger partial charge in [-0.3, -0.25) is 4.79 Å². The fourth-order valence-corrected chi connectivity index (χ4v) is 2.69. The third kappa shape index (κ3) is 3.44. The maximum absolute atomic E-state index is 12.5. The monoisotopic (exact) mass is 359 g/mol. The van der Waals surface area contributed by atoms with Crippen molar-refractivity contribution in [2.24, 2.45) is 0 Å². The molecule has 0 saturated heterocycles. The number of methoxy groups -OCH3 is 2. The van der Waals surface area contributed by atoms with Gasteiger partial charge in [0.1, 0.15) is 5.58 Å². The molecule has 0 saturated carbocycles. The van der Waals surface area contributed by atoms with Gasteiger partial charge in [-0.25, -0.2) is 4.79 Å². The van der Waals surface area contributed by atoms with Crippen molar-refractivity contribution in [3.8, 4) is 11.5 Å². The van der Waals surface area contributed by atoms with Crippen LogP contribution in [0.3, 0.4) is 0 Å². The minimum absolute atomic E-state index is 0.271. The van der Waals surface area contributed by atoms with Gasteiger partial charge in [-0.15, -0.1) is 0 Å². The average molecular weight is 360 g/mol. The zero-order chi connectivity index (χ0) is 18.0. The van der Waals surface area contributed by atoms with Crippen molar-refractivity contribution in [1.82, 2.24) is 0 Å². The number of carbonyl (C=O) groups is 1. The minimum Gasteiger partial charge on any atom is -0.493 e. The van der Waals surface area contributed by atoms with Crippen molar-refractivity contribution in [2.45, 2.75) is 0 Å². The quantitative estimate of drug-likeness (QED) is 0.718. The van der Waals surface area contributed by atoms with E-state index in [4.69, 9.17) is 25.5 Å². The molecular formula is C18H14ClNO5. The van der Waals surface area contributed by atoms with E-state index < -0.39 is 5.63 Å². The lowest BCUT2D eigenvalue weighted by Crippen LogP contribution is -2.12. The Morgan fingerprint density at radius 1 is 1.08 bits per heavy atom. The second kappa shape index (κ2) is 6.86. The molecule has 2 aromatic carbocycles. The van der Waals surface area contributed by atoms with Crippen molar-refractivity contribution in [3.05, 3.63) is 63.5 Å². The van der Waals surface area contributed by atoms with E-state index in [1.807, 2.05) is 0 Å². The van der Waals surface area contributed by atoms with Gasteiger partial charge >= 0.3 is 5.63 Å². The van der Waals surface area contributed by atoms with Crippen LogP contribution in [-0.4, -0.2) is 20.1 Å². The average Bonchev–Trinajstić information content (AvgIpc) is 2.61. The first kappa shape index (κ1) is 16.9. The third-order valence-corrected chi connectivity index (χ3v) is 3.85. The van der Waals surface area contributed by atoms with Gasteiger partial charge in [-0.2, -0.15) is 0 Å².